The average Bonchev–Trinajstić information content (AvgIpc) is 2.96. The van der Waals surface area contributed by atoms with Crippen LogP contribution in [-0.4, -0.2) is 24.4 Å². The van der Waals surface area contributed by atoms with Gasteiger partial charge in [0.15, 0.2) is 0 Å². The van der Waals surface area contributed by atoms with E-state index in [1.165, 1.54) is 0 Å². The molecular formula is C19H22N2O2. The summed E-state index contributed by atoms with van der Waals surface area (Å²) in [5.74, 6) is -0.267. The Morgan fingerprint density at radius 1 is 1.26 bits per heavy atom. The fourth-order valence-electron chi connectivity index (χ4n) is 3.02. The van der Waals surface area contributed by atoms with E-state index in [1.54, 1.807) is 4.90 Å². The predicted octanol–water partition coefficient (Wildman–Crippen LogP) is 3.11. The molecule has 1 heterocycles. The molecule has 3 rings (SSSR count). The molecule has 1 aliphatic rings. The number of hydrogen-bond donors (Lipinski definition) is 1. The monoisotopic (exact) mass is 310 g/mol. The molecule has 2 aromatic carbocycles. The van der Waals surface area contributed by atoms with Gasteiger partial charge in [0.1, 0.15) is 0 Å². The van der Waals surface area contributed by atoms with Crippen molar-refractivity contribution < 1.29 is 9.59 Å². The molecule has 0 radical (unpaired) electrons. The highest BCUT2D eigenvalue weighted by molar-refractivity contribution is 6.06. The van der Waals surface area contributed by atoms with Crippen molar-refractivity contribution in [2.24, 2.45) is 5.92 Å². The highest BCUT2D eigenvalue weighted by Crippen LogP contribution is 2.31. The van der Waals surface area contributed by atoms with Gasteiger partial charge < -0.3 is 10.2 Å². The molecule has 0 saturated carbocycles. The zero-order valence-electron chi connectivity index (χ0n) is 13.6. The summed E-state index contributed by atoms with van der Waals surface area (Å²) in [6.07, 6.45) is 1.17. The van der Waals surface area contributed by atoms with Gasteiger partial charge >= 0.3 is 0 Å². The standard InChI is InChI=1S/C19H22N2O2/c1-3-13(2)20-19(23)15-11-18(22)21(12-15)17-10-6-8-14-7-4-5-9-16(14)17/h4-10,13,15H,3,11-12H2,1-2H3,(H,20,23)/t13-,15-/m1/s1. The number of carbonyl (C=O) groups is 2. The van der Waals surface area contributed by atoms with Crippen LogP contribution in [0.3, 0.4) is 0 Å². The van der Waals surface area contributed by atoms with E-state index in [4.69, 9.17) is 0 Å². The molecule has 120 valence electrons. The van der Waals surface area contributed by atoms with Crippen LogP contribution in [0.2, 0.25) is 0 Å². The smallest absolute Gasteiger partial charge is 0.227 e. The third kappa shape index (κ3) is 3.07. The van der Waals surface area contributed by atoms with Crippen LogP contribution >= 0.6 is 0 Å². The van der Waals surface area contributed by atoms with Gasteiger partial charge in [-0.25, -0.2) is 0 Å². The summed E-state index contributed by atoms with van der Waals surface area (Å²) < 4.78 is 0. The molecule has 1 N–H and O–H groups in total. The van der Waals surface area contributed by atoms with Crippen LogP contribution in [0.5, 0.6) is 0 Å². The summed E-state index contributed by atoms with van der Waals surface area (Å²) >= 11 is 0. The van der Waals surface area contributed by atoms with Gasteiger partial charge in [0.25, 0.3) is 0 Å². The summed E-state index contributed by atoms with van der Waals surface area (Å²) in [4.78, 5) is 26.5. The zero-order chi connectivity index (χ0) is 16.4. The van der Waals surface area contributed by atoms with Crippen molar-refractivity contribution in [3.63, 3.8) is 0 Å². The number of nitrogens with zero attached hydrogens (tertiary/aromatic N) is 1. The maximum absolute atomic E-state index is 12.4. The maximum Gasteiger partial charge on any atom is 0.227 e. The number of hydrogen-bond acceptors (Lipinski definition) is 2. The highest BCUT2D eigenvalue weighted by atomic mass is 16.2. The number of nitrogens with one attached hydrogen (secondary N) is 1. The number of fused-ring (bicyclic) bond motifs is 1. The fraction of sp³-hybridized carbons (Fsp3) is 0.368. The second-order valence-corrected chi connectivity index (χ2v) is 6.22. The largest absolute Gasteiger partial charge is 0.353 e. The Kier molecular flexibility index (Phi) is 4.33. The van der Waals surface area contributed by atoms with Crippen molar-refractivity contribution in [3.05, 3.63) is 42.5 Å². The van der Waals surface area contributed by atoms with E-state index in [0.717, 1.165) is 22.9 Å². The van der Waals surface area contributed by atoms with Gasteiger partial charge in [0, 0.05) is 24.4 Å². The first kappa shape index (κ1) is 15.5. The van der Waals surface area contributed by atoms with Gasteiger partial charge in [-0.3, -0.25) is 9.59 Å². The number of anilines is 1. The molecule has 4 heteroatoms. The summed E-state index contributed by atoms with van der Waals surface area (Å²) in [7, 11) is 0. The topological polar surface area (TPSA) is 49.4 Å². The lowest BCUT2D eigenvalue weighted by atomic mass is 10.1. The van der Waals surface area contributed by atoms with Crippen molar-refractivity contribution in [2.45, 2.75) is 32.7 Å². The van der Waals surface area contributed by atoms with Crippen LogP contribution in [0.25, 0.3) is 10.8 Å². The van der Waals surface area contributed by atoms with E-state index in [9.17, 15) is 9.59 Å². The Hall–Kier alpha value is -2.36. The molecule has 1 fully saturated rings. The van der Waals surface area contributed by atoms with Crippen LogP contribution in [0.1, 0.15) is 26.7 Å². The van der Waals surface area contributed by atoms with Gasteiger partial charge in [-0.15, -0.1) is 0 Å². The molecule has 0 bridgehead atoms. The summed E-state index contributed by atoms with van der Waals surface area (Å²) in [6.45, 7) is 4.47. The minimum absolute atomic E-state index is 0.0181. The predicted molar refractivity (Wildman–Crippen MR) is 92.3 cm³/mol. The van der Waals surface area contributed by atoms with E-state index in [1.807, 2.05) is 56.3 Å². The normalized spacial score (nSPS) is 19.1. The van der Waals surface area contributed by atoms with Crippen LogP contribution in [0.4, 0.5) is 5.69 Å². The molecule has 4 nitrogen and oxygen atoms in total. The number of benzene rings is 2. The van der Waals surface area contributed by atoms with Crippen molar-refractivity contribution in [3.8, 4) is 0 Å². The van der Waals surface area contributed by atoms with Gasteiger partial charge in [-0.05, 0) is 24.8 Å². The van der Waals surface area contributed by atoms with Gasteiger partial charge in [0.05, 0.1) is 11.6 Å². The second kappa shape index (κ2) is 6.41. The molecule has 0 aromatic heterocycles. The first-order chi connectivity index (χ1) is 11.1. The zero-order valence-corrected chi connectivity index (χ0v) is 13.6. The third-order valence-corrected chi connectivity index (χ3v) is 4.55. The molecule has 2 aromatic rings. The number of amides is 2. The van der Waals surface area contributed by atoms with Gasteiger partial charge in [-0.2, -0.15) is 0 Å². The first-order valence-corrected chi connectivity index (χ1v) is 8.18. The minimum Gasteiger partial charge on any atom is -0.353 e. The maximum atomic E-state index is 12.4. The molecule has 0 spiro atoms. The molecule has 2 amide bonds. The molecule has 1 saturated heterocycles. The van der Waals surface area contributed by atoms with Crippen LogP contribution in [0.15, 0.2) is 42.5 Å². The molecule has 23 heavy (non-hydrogen) atoms. The fourth-order valence-corrected chi connectivity index (χ4v) is 3.02. The van der Waals surface area contributed by atoms with Crippen molar-refractivity contribution >= 4 is 28.3 Å². The minimum atomic E-state index is -0.268. The van der Waals surface area contributed by atoms with E-state index in [0.29, 0.717) is 6.54 Å². The lowest BCUT2D eigenvalue weighted by Gasteiger charge is -2.19. The molecular weight excluding hydrogens is 288 g/mol. The first-order valence-electron chi connectivity index (χ1n) is 8.18. The average molecular weight is 310 g/mol. The van der Waals surface area contributed by atoms with Gasteiger partial charge in [0.2, 0.25) is 11.8 Å². The molecule has 1 aliphatic heterocycles. The van der Waals surface area contributed by atoms with Crippen LogP contribution < -0.4 is 10.2 Å². The van der Waals surface area contributed by atoms with Crippen molar-refractivity contribution in [2.75, 3.05) is 11.4 Å². The lowest BCUT2D eigenvalue weighted by Crippen LogP contribution is -2.38. The Morgan fingerprint density at radius 3 is 2.78 bits per heavy atom. The van der Waals surface area contributed by atoms with Crippen LogP contribution in [0, 0.1) is 5.92 Å². The highest BCUT2D eigenvalue weighted by Gasteiger charge is 2.35. The van der Waals surface area contributed by atoms with E-state index in [2.05, 4.69) is 5.32 Å². The third-order valence-electron chi connectivity index (χ3n) is 4.55. The molecule has 0 unspecified atom stereocenters. The van der Waals surface area contributed by atoms with Crippen LogP contribution in [-0.2, 0) is 9.59 Å². The second-order valence-electron chi connectivity index (χ2n) is 6.22. The van der Waals surface area contributed by atoms with E-state index < -0.39 is 0 Å². The van der Waals surface area contributed by atoms with Gasteiger partial charge in [-0.1, -0.05) is 43.3 Å². The quantitative estimate of drug-likeness (QED) is 0.943. The summed E-state index contributed by atoms with van der Waals surface area (Å²) in [5, 5.41) is 5.13. The lowest BCUT2D eigenvalue weighted by molar-refractivity contribution is -0.126. The Bertz CT molecular complexity index is 736. The molecule has 0 aliphatic carbocycles. The Morgan fingerprint density at radius 2 is 2.00 bits per heavy atom. The summed E-state index contributed by atoms with van der Waals surface area (Å²) in [6, 6.07) is 14.1. The summed E-state index contributed by atoms with van der Waals surface area (Å²) in [5.41, 5.74) is 0.895. The Labute approximate surface area is 136 Å². The van der Waals surface area contributed by atoms with Crippen molar-refractivity contribution in [1.82, 2.24) is 5.32 Å². The Balaban J connectivity index is 1.84. The van der Waals surface area contributed by atoms with E-state index in [-0.39, 0.29) is 30.2 Å². The number of carbonyl (C=O) groups excluding carboxylic acids is 2. The molecule has 2 atom stereocenters. The SMILES string of the molecule is CC[C@@H](C)NC(=O)[C@@H]1CC(=O)N(c2cccc3ccccc23)C1. The van der Waals surface area contributed by atoms with E-state index >= 15 is 0 Å². The van der Waals surface area contributed by atoms with Crippen molar-refractivity contribution in [1.29, 1.82) is 0 Å². The number of rotatable bonds is 4.